The van der Waals surface area contributed by atoms with Crippen molar-refractivity contribution in [1.82, 2.24) is 9.88 Å². The number of hydrogen-bond donors (Lipinski definition) is 2. The van der Waals surface area contributed by atoms with Crippen molar-refractivity contribution in [2.45, 2.75) is 110 Å². The minimum absolute atomic E-state index is 0.0963. The first-order valence-corrected chi connectivity index (χ1v) is 27.7. The number of esters is 1. The Bertz CT molecular complexity index is 2610. The van der Waals surface area contributed by atoms with Crippen molar-refractivity contribution in [3.05, 3.63) is 132 Å². The van der Waals surface area contributed by atoms with Gasteiger partial charge in [-0.3, -0.25) is 9.59 Å². The first-order valence-electron chi connectivity index (χ1n) is 27.7. The minimum atomic E-state index is -0.948. The fourth-order valence-corrected chi connectivity index (χ4v) is 9.10. The van der Waals surface area contributed by atoms with E-state index >= 15 is 0 Å². The van der Waals surface area contributed by atoms with Crippen LogP contribution in [-0.2, 0) is 65.3 Å². The quantitative estimate of drug-likeness (QED) is 0.0293. The average molecular weight is 1110 g/mol. The predicted molar refractivity (Wildman–Crippen MR) is 302 cm³/mol. The number of halogens is 1. The summed E-state index contributed by atoms with van der Waals surface area (Å²) < 4.78 is 79.5. The summed E-state index contributed by atoms with van der Waals surface area (Å²) in [7, 11) is 0. The van der Waals surface area contributed by atoms with E-state index in [2.05, 4.69) is 29.0 Å². The summed E-state index contributed by atoms with van der Waals surface area (Å²) in [4.78, 5) is 39.5. The lowest BCUT2D eigenvalue weighted by Crippen LogP contribution is -2.46. The monoisotopic (exact) mass is 1110 g/mol. The van der Waals surface area contributed by atoms with Gasteiger partial charge in [-0.1, -0.05) is 74.5 Å². The van der Waals surface area contributed by atoms with Crippen LogP contribution in [0.25, 0.3) is 22.4 Å². The molecule has 80 heavy (non-hydrogen) atoms. The average Bonchev–Trinajstić information content (AvgIpc) is 3.80. The van der Waals surface area contributed by atoms with Crippen molar-refractivity contribution in [3.63, 3.8) is 0 Å². The van der Waals surface area contributed by atoms with Crippen LogP contribution in [-0.4, -0.2) is 139 Å². The molecule has 5 aromatic rings. The van der Waals surface area contributed by atoms with Crippen LogP contribution in [0.5, 0.6) is 5.75 Å². The zero-order chi connectivity index (χ0) is 57.2. The van der Waals surface area contributed by atoms with Crippen LogP contribution < -0.4 is 15.4 Å². The maximum absolute atomic E-state index is 14.9. The Morgan fingerprint density at radius 1 is 0.675 bits per heavy atom. The van der Waals surface area contributed by atoms with Crippen molar-refractivity contribution in [3.8, 4) is 28.1 Å². The molecule has 18 heteroatoms. The van der Waals surface area contributed by atoms with Gasteiger partial charge in [0.05, 0.1) is 109 Å². The summed E-state index contributed by atoms with van der Waals surface area (Å²) in [6.07, 6.45) is -0.0671. The Balaban J connectivity index is 0.900. The number of rotatable bonds is 34. The van der Waals surface area contributed by atoms with Gasteiger partial charge in [0.15, 0.2) is 5.79 Å². The van der Waals surface area contributed by atoms with E-state index < -0.39 is 23.6 Å². The number of carbonyl (C=O) groups is 3. The second-order valence-corrected chi connectivity index (χ2v) is 20.8. The molecular weight excluding hydrogens is 1030 g/mol. The molecule has 1 saturated heterocycles. The highest BCUT2D eigenvalue weighted by molar-refractivity contribution is 6.12. The van der Waals surface area contributed by atoms with Gasteiger partial charge in [0, 0.05) is 36.5 Å². The van der Waals surface area contributed by atoms with Crippen LogP contribution in [0.2, 0.25) is 0 Å². The van der Waals surface area contributed by atoms with Gasteiger partial charge in [-0.15, -0.1) is 0 Å². The molecular formula is C62H82FN3O14. The summed E-state index contributed by atoms with van der Waals surface area (Å²) >= 11 is 0. The molecule has 2 atom stereocenters. The molecule has 0 spiro atoms. The number of anilines is 1. The van der Waals surface area contributed by atoms with Crippen LogP contribution in [0.15, 0.2) is 109 Å². The second kappa shape index (κ2) is 32.9. The van der Waals surface area contributed by atoms with E-state index in [1.807, 2.05) is 95.3 Å². The van der Waals surface area contributed by atoms with Crippen LogP contribution in [0, 0.1) is 5.82 Å². The second-order valence-electron chi connectivity index (χ2n) is 20.8. The topological polar surface area (TPSA) is 182 Å². The maximum Gasteiger partial charge on any atom is 0.407 e. The Morgan fingerprint density at radius 3 is 1.77 bits per heavy atom. The SMILES string of the molecule is CC(C)c1c(C(=O)Nc2ccc(OCCOCCOCCOCCOCCOCCOCCNC(=O)OCc3ccccc3)cc2)c(-c2ccccc2)c(-c2ccc(F)cc2)n1CC[C@@H]1C[C@H](CC(=O)OC(C)(C)C)OC(C)(C)O1. The van der Waals surface area contributed by atoms with E-state index in [1.54, 1.807) is 36.4 Å². The summed E-state index contributed by atoms with van der Waals surface area (Å²) in [5, 5.41) is 5.81. The molecule has 1 aliphatic rings. The Morgan fingerprint density at radius 2 is 1.21 bits per heavy atom. The van der Waals surface area contributed by atoms with Gasteiger partial charge in [0.25, 0.3) is 5.91 Å². The number of nitrogens with zero attached hydrogens (tertiary/aromatic N) is 1. The smallest absolute Gasteiger partial charge is 0.407 e. The summed E-state index contributed by atoms with van der Waals surface area (Å²) in [6, 6.07) is 32.8. The largest absolute Gasteiger partial charge is 0.491 e. The van der Waals surface area contributed by atoms with Crippen molar-refractivity contribution < 1.29 is 70.9 Å². The molecule has 2 heterocycles. The number of amides is 2. The van der Waals surface area contributed by atoms with Crippen molar-refractivity contribution in [2.75, 3.05) is 97.8 Å². The molecule has 2 amide bonds. The highest BCUT2D eigenvalue weighted by Gasteiger charge is 2.38. The third-order valence-corrected chi connectivity index (χ3v) is 12.4. The molecule has 1 aromatic heterocycles. The van der Waals surface area contributed by atoms with E-state index in [1.165, 1.54) is 12.1 Å². The molecule has 17 nitrogen and oxygen atoms in total. The lowest BCUT2D eigenvalue weighted by atomic mass is 9.94. The van der Waals surface area contributed by atoms with E-state index in [4.69, 9.17) is 52.1 Å². The van der Waals surface area contributed by atoms with E-state index in [-0.39, 0.29) is 42.7 Å². The van der Waals surface area contributed by atoms with Gasteiger partial charge in [-0.25, -0.2) is 9.18 Å². The molecule has 2 N–H and O–H groups in total. The zero-order valence-electron chi connectivity index (χ0n) is 47.6. The standard InChI is InChI=1S/C62H82FN3O14/c1-45(2)57-56(55(47-16-12-9-13-17-47)58(48-18-20-49(63)21-19-48)66(57)28-26-52-42-53(79-62(6,7)78-52)43-54(67)80-61(3,4)5)59(68)65-50-22-24-51(25-23-50)76-41-40-75-39-38-74-37-36-73-35-34-72-33-32-71-31-30-70-29-27-64-60(69)77-44-46-14-10-8-11-15-46/h8-25,45,52-53H,26-44H2,1-7H3,(H,64,69)(H,65,68)/t52-,53-/m1/s1. The molecule has 4 aromatic carbocycles. The number of nitrogens with one attached hydrogen (secondary N) is 2. The maximum atomic E-state index is 14.9. The molecule has 0 bridgehead atoms. The molecule has 1 fully saturated rings. The molecule has 0 saturated carbocycles. The number of alkyl carbamates (subject to hydrolysis) is 1. The number of ether oxygens (including phenoxy) is 11. The molecule has 6 rings (SSSR count). The van der Waals surface area contributed by atoms with Crippen molar-refractivity contribution in [2.24, 2.45) is 0 Å². The summed E-state index contributed by atoms with van der Waals surface area (Å²) in [5.41, 5.74) is 5.33. The fraction of sp³-hybridized carbons (Fsp3) is 0.500. The molecule has 0 radical (unpaired) electrons. The van der Waals surface area contributed by atoms with Crippen LogP contribution >= 0.6 is 0 Å². The van der Waals surface area contributed by atoms with Gasteiger partial charge in [-0.2, -0.15) is 0 Å². The van der Waals surface area contributed by atoms with Crippen LogP contribution in [0.4, 0.5) is 14.9 Å². The third kappa shape index (κ3) is 22.0. The highest BCUT2D eigenvalue weighted by atomic mass is 19.1. The lowest BCUT2D eigenvalue weighted by Gasteiger charge is -2.41. The molecule has 0 aliphatic carbocycles. The number of aromatic nitrogens is 1. The van der Waals surface area contributed by atoms with Gasteiger partial charge in [0.1, 0.15) is 30.4 Å². The molecule has 1 aliphatic heterocycles. The summed E-state index contributed by atoms with van der Waals surface area (Å²) in [5.74, 6) is -1.43. The Hall–Kier alpha value is -6.22. The molecule has 0 unspecified atom stereocenters. The molecule has 436 valence electrons. The van der Waals surface area contributed by atoms with Crippen molar-refractivity contribution >= 4 is 23.7 Å². The van der Waals surface area contributed by atoms with Gasteiger partial charge < -0.3 is 67.3 Å². The van der Waals surface area contributed by atoms with E-state index in [0.29, 0.717) is 129 Å². The van der Waals surface area contributed by atoms with E-state index in [0.717, 1.165) is 33.6 Å². The minimum Gasteiger partial charge on any atom is -0.491 e. The predicted octanol–water partition coefficient (Wildman–Crippen LogP) is 10.8. The Labute approximate surface area is 470 Å². The fourth-order valence-electron chi connectivity index (χ4n) is 9.10. The number of hydrogen-bond acceptors (Lipinski definition) is 14. The van der Waals surface area contributed by atoms with E-state index in [9.17, 15) is 18.8 Å². The highest BCUT2D eigenvalue weighted by Crippen LogP contribution is 2.43. The zero-order valence-corrected chi connectivity index (χ0v) is 47.6. The first-order chi connectivity index (χ1) is 38.5. The third-order valence-electron chi connectivity index (χ3n) is 12.4. The normalized spacial score (nSPS) is 15.2. The van der Waals surface area contributed by atoms with Crippen LogP contribution in [0.3, 0.4) is 0 Å². The van der Waals surface area contributed by atoms with Gasteiger partial charge in [0.2, 0.25) is 0 Å². The van der Waals surface area contributed by atoms with Gasteiger partial charge in [-0.05, 0) is 112 Å². The van der Waals surface area contributed by atoms with Crippen molar-refractivity contribution in [1.29, 1.82) is 0 Å². The van der Waals surface area contributed by atoms with Gasteiger partial charge >= 0.3 is 12.1 Å². The lowest BCUT2D eigenvalue weighted by molar-refractivity contribution is -0.301. The summed E-state index contributed by atoms with van der Waals surface area (Å²) in [6.45, 7) is 19.6. The Kier molecular flexibility index (Phi) is 25.9. The van der Waals surface area contributed by atoms with Crippen LogP contribution in [0.1, 0.15) is 95.3 Å². The number of carbonyl (C=O) groups excluding carboxylic acids is 3. The number of benzene rings is 4. The first kappa shape index (κ1) is 63.0.